The number of rotatable bonds is 4. The predicted molar refractivity (Wildman–Crippen MR) is 220 cm³/mol. The van der Waals surface area contributed by atoms with E-state index in [4.69, 9.17) is 0 Å². The Kier molecular flexibility index (Phi) is 5.88. The fraction of sp³-hybridized carbons (Fsp3) is 0.125. The van der Waals surface area contributed by atoms with E-state index >= 15 is 0 Å². The van der Waals surface area contributed by atoms with Gasteiger partial charge in [0.05, 0.1) is 22.4 Å². The van der Waals surface area contributed by atoms with Crippen LogP contribution in [0.5, 0.6) is 0 Å². The van der Waals surface area contributed by atoms with Crippen molar-refractivity contribution >= 4 is 68.4 Å². The second-order valence-electron chi connectivity index (χ2n) is 15.7. The molecule has 8 aromatic rings. The third-order valence-electron chi connectivity index (χ3n) is 12.2. The number of para-hydroxylation sites is 6. The first kappa shape index (κ1) is 29.7. The highest BCUT2D eigenvalue weighted by Crippen LogP contribution is 2.53. The summed E-state index contributed by atoms with van der Waals surface area (Å²) in [6.07, 6.45) is 0. The zero-order valence-corrected chi connectivity index (χ0v) is 29.8. The van der Waals surface area contributed by atoms with Crippen LogP contribution in [0.2, 0.25) is 0 Å². The molecule has 0 saturated heterocycles. The number of hydrogen-bond acceptors (Lipinski definition) is 2. The van der Waals surface area contributed by atoms with Gasteiger partial charge in [0.15, 0.2) is 7.28 Å². The van der Waals surface area contributed by atoms with Crippen molar-refractivity contribution in [1.82, 2.24) is 4.57 Å². The average Bonchev–Trinajstić information content (AvgIpc) is 3.52. The number of hydrogen-bond donors (Lipinski definition) is 1. The summed E-state index contributed by atoms with van der Waals surface area (Å²) in [5.41, 5.74) is 19.7. The van der Waals surface area contributed by atoms with Gasteiger partial charge in [-0.25, -0.2) is 0 Å². The van der Waals surface area contributed by atoms with Crippen LogP contribution < -0.4 is 21.1 Å². The summed E-state index contributed by atoms with van der Waals surface area (Å²) < 4.78 is 2.62. The van der Waals surface area contributed by atoms with Crippen molar-refractivity contribution < 1.29 is 0 Å². The minimum absolute atomic E-state index is 0.149. The van der Waals surface area contributed by atoms with Crippen LogP contribution in [0.4, 0.5) is 28.4 Å². The van der Waals surface area contributed by atoms with E-state index in [9.17, 15) is 0 Å². The van der Waals surface area contributed by atoms with Gasteiger partial charge in [-0.1, -0.05) is 142 Å². The Morgan fingerprint density at radius 3 is 1.94 bits per heavy atom. The molecule has 1 aromatic heterocycles. The van der Waals surface area contributed by atoms with Crippen LogP contribution in [0, 0.1) is 0 Å². The molecule has 1 radical (unpaired) electrons. The van der Waals surface area contributed by atoms with Crippen molar-refractivity contribution in [2.75, 3.05) is 10.2 Å². The maximum absolute atomic E-state index is 3.95. The zero-order valence-electron chi connectivity index (χ0n) is 29.8. The molecular weight excluding hydrogens is 629 g/mol. The number of benzene rings is 7. The summed E-state index contributed by atoms with van der Waals surface area (Å²) in [7, 11) is 2.47. The van der Waals surface area contributed by atoms with Crippen molar-refractivity contribution in [2.24, 2.45) is 0 Å². The molecule has 0 fully saturated rings. The lowest BCUT2D eigenvalue weighted by Gasteiger charge is -2.38. The van der Waals surface area contributed by atoms with E-state index in [2.05, 4.69) is 195 Å². The van der Waals surface area contributed by atoms with Crippen LogP contribution in [0.25, 0.3) is 38.6 Å². The van der Waals surface area contributed by atoms with Crippen LogP contribution in [-0.4, -0.2) is 11.8 Å². The first-order valence-electron chi connectivity index (χ1n) is 18.4. The predicted octanol–water partition coefficient (Wildman–Crippen LogP) is 10.9. The molecule has 0 aliphatic carbocycles. The fourth-order valence-electron chi connectivity index (χ4n) is 9.70. The maximum Gasteiger partial charge on any atom is 0.197 e. The van der Waals surface area contributed by atoms with Crippen LogP contribution >= 0.6 is 0 Å². The summed E-state index contributed by atoms with van der Waals surface area (Å²) in [5, 5.41) is 6.52. The molecule has 0 bridgehead atoms. The van der Waals surface area contributed by atoms with Crippen molar-refractivity contribution in [3.8, 4) is 16.8 Å². The molecule has 7 aromatic carbocycles. The number of fused-ring (bicyclic) bond motifs is 3. The van der Waals surface area contributed by atoms with Crippen molar-refractivity contribution in [2.45, 2.75) is 38.5 Å². The van der Waals surface area contributed by atoms with Gasteiger partial charge in [-0.2, -0.15) is 0 Å². The van der Waals surface area contributed by atoms with E-state index in [0.29, 0.717) is 0 Å². The smallest absolute Gasteiger partial charge is 0.197 e. The highest BCUT2D eigenvalue weighted by Gasteiger charge is 2.41. The molecule has 0 atom stereocenters. The van der Waals surface area contributed by atoms with Crippen LogP contribution in [0.1, 0.15) is 49.9 Å². The highest BCUT2D eigenvalue weighted by atomic mass is 15.1. The molecule has 11 rings (SSSR count). The van der Waals surface area contributed by atoms with Gasteiger partial charge in [0, 0.05) is 49.9 Å². The summed E-state index contributed by atoms with van der Waals surface area (Å²) in [5.74, 6) is 0. The Morgan fingerprint density at radius 1 is 0.558 bits per heavy atom. The van der Waals surface area contributed by atoms with Crippen molar-refractivity contribution in [3.05, 3.63) is 168 Å². The Balaban J connectivity index is 1.33. The Labute approximate surface area is 305 Å². The van der Waals surface area contributed by atoms with Gasteiger partial charge >= 0.3 is 0 Å². The average molecular weight is 667 g/mol. The lowest BCUT2D eigenvalue weighted by atomic mass is 9.57. The minimum atomic E-state index is -0.168. The largest absolute Gasteiger partial charge is 0.355 e. The quantitative estimate of drug-likeness (QED) is 0.189. The van der Waals surface area contributed by atoms with Gasteiger partial charge in [-0.05, 0) is 69.7 Å². The standard InChI is InChI=1S/C48H37BN3/c1-47(2)34-22-11-12-27-39(34)50-43-31(20-13-23-35(43)47)33-28-40(51(29-16-7-5-8-17-29)30-18-9-6-10-19-30)41-32-21-14-24-36-44(32)52-45-37(48(36,3)4)25-15-26-38(45)49-42(33)46(41)52/h5-28,50H,1-4H3. The van der Waals surface area contributed by atoms with Gasteiger partial charge in [-0.15, -0.1) is 0 Å². The van der Waals surface area contributed by atoms with E-state index in [1.54, 1.807) is 0 Å². The molecule has 52 heavy (non-hydrogen) atoms. The molecular formula is C48H37BN3. The second kappa shape index (κ2) is 10.3. The van der Waals surface area contributed by atoms with E-state index < -0.39 is 0 Å². The normalized spacial score (nSPS) is 15.2. The number of aromatic nitrogens is 1. The molecule has 4 heterocycles. The number of anilines is 5. The molecule has 3 nitrogen and oxygen atoms in total. The SMILES string of the molecule is CC1(C)c2ccccc2Nc2c(-c3cc(N(c4ccccc4)c4ccccc4)c4c5cccc6c5n5c4c3[B]c3cccc(c3-5)C6(C)C)cccc21. The summed E-state index contributed by atoms with van der Waals surface area (Å²) in [6, 6.07) is 53.7. The third kappa shape index (κ3) is 3.77. The molecule has 3 aliphatic heterocycles. The van der Waals surface area contributed by atoms with Gasteiger partial charge in [0.2, 0.25) is 0 Å². The lowest BCUT2D eigenvalue weighted by molar-refractivity contribution is 0.631. The molecule has 0 amide bonds. The molecule has 0 unspecified atom stereocenters. The Morgan fingerprint density at radius 2 is 1.17 bits per heavy atom. The van der Waals surface area contributed by atoms with Gasteiger partial charge in [0.1, 0.15) is 0 Å². The topological polar surface area (TPSA) is 20.2 Å². The summed E-state index contributed by atoms with van der Waals surface area (Å²) >= 11 is 0. The van der Waals surface area contributed by atoms with Crippen molar-refractivity contribution in [3.63, 3.8) is 0 Å². The molecule has 4 heteroatoms. The molecule has 247 valence electrons. The highest BCUT2D eigenvalue weighted by molar-refractivity contribution is 6.74. The monoisotopic (exact) mass is 666 g/mol. The fourth-order valence-corrected chi connectivity index (χ4v) is 9.70. The minimum Gasteiger partial charge on any atom is -0.355 e. The van der Waals surface area contributed by atoms with Crippen LogP contribution in [0.3, 0.4) is 0 Å². The van der Waals surface area contributed by atoms with E-state index in [1.807, 2.05) is 0 Å². The lowest BCUT2D eigenvalue weighted by Crippen LogP contribution is -2.41. The summed E-state index contributed by atoms with van der Waals surface area (Å²) in [6.45, 7) is 9.50. The molecule has 3 aliphatic rings. The number of nitrogens with one attached hydrogen (secondary N) is 1. The van der Waals surface area contributed by atoms with E-state index in [-0.39, 0.29) is 10.8 Å². The third-order valence-corrected chi connectivity index (χ3v) is 12.2. The van der Waals surface area contributed by atoms with Gasteiger partial charge < -0.3 is 14.8 Å². The van der Waals surface area contributed by atoms with Crippen LogP contribution in [-0.2, 0) is 10.8 Å². The summed E-state index contributed by atoms with van der Waals surface area (Å²) in [4.78, 5) is 2.46. The zero-order chi connectivity index (χ0) is 34.9. The Hall–Kier alpha value is -6.00. The first-order chi connectivity index (χ1) is 25.3. The number of nitrogens with zero attached hydrogens (tertiary/aromatic N) is 2. The maximum atomic E-state index is 3.95. The first-order valence-corrected chi connectivity index (χ1v) is 18.4. The molecule has 0 saturated carbocycles. The van der Waals surface area contributed by atoms with Gasteiger partial charge in [-0.3, -0.25) is 0 Å². The molecule has 0 spiro atoms. The second-order valence-corrected chi connectivity index (χ2v) is 15.7. The van der Waals surface area contributed by atoms with Crippen LogP contribution in [0.15, 0.2) is 146 Å². The van der Waals surface area contributed by atoms with Crippen molar-refractivity contribution in [1.29, 1.82) is 0 Å². The van der Waals surface area contributed by atoms with E-state index in [1.165, 1.54) is 88.9 Å². The Bertz CT molecular complexity index is 2750. The van der Waals surface area contributed by atoms with Gasteiger partial charge in [0.25, 0.3) is 0 Å². The van der Waals surface area contributed by atoms with E-state index in [0.717, 1.165) is 11.4 Å². The molecule has 1 N–H and O–H groups in total.